The summed E-state index contributed by atoms with van der Waals surface area (Å²) in [5, 5.41) is 11.1. The molecule has 19 heavy (non-hydrogen) atoms. The molecule has 1 aromatic heterocycles. The summed E-state index contributed by atoms with van der Waals surface area (Å²) in [6.07, 6.45) is 0.858. The second kappa shape index (κ2) is 5.48. The van der Waals surface area contributed by atoms with Crippen molar-refractivity contribution in [3.8, 4) is 0 Å². The van der Waals surface area contributed by atoms with Crippen molar-refractivity contribution in [1.82, 2.24) is 15.5 Å². The zero-order valence-electron chi connectivity index (χ0n) is 11.1. The molecule has 0 radical (unpaired) electrons. The Morgan fingerprint density at radius 2 is 2.16 bits per heavy atom. The normalized spacial score (nSPS) is 15.9. The van der Waals surface area contributed by atoms with Crippen LogP contribution in [0.1, 0.15) is 23.2 Å². The fourth-order valence-electron chi connectivity index (χ4n) is 2.10. The van der Waals surface area contributed by atoms with E-state index in [2.05, 4.69) is 15.5 Å². The number of hydrogen-bond acceptors (Lipinski definition) is 5. The monoisotopic (exact) mass is 279 g/mol. The third-order valence-electron chi connectivity index (χ3n) is 3.24. The first-order chi connectivity index (χ1) is 9.00. The molecule has 1 fully saturated rings. The minimum Gasteiger partial charge on any atom is -0.389 e. The summed E-state index contributed by atoms with van der Waals surface area (Å²) >= 11 is 5.11. The van der Waals surface area contributed by atoms with E-state index in [0.717, 1.165) is 29.8 Å². The van der Waals surface area contributed by atoms with Crippen molar-refractivity contribution in [3.05, 3.63) is 16.8 Å². The number of carbonyl (C=O) groups excluding carboxylic acids is 1. The van der Waals surface area contributed by atoms with Gasteiger partial charge in [-0.05, 0) is 25.8 Å². The molecule has 1 saturated heterocycles. The number of amides is 1. The van der Waals surface area contributed by atoms with Crippen molar-refractivity contribution in [2.24, 2.45) is 5.73 Å². The van der Waals surface area contributed by atoms with E-state index in [9.17, 15) is 4.79 Å². The number of anilines is 1. The summed E-state index contributed by atoms with van der Waals surface area (Å²) in [6, 6.07) is 0. The fraction of sp³-hybridized carbons (Fsp3) is 0.500. The molecule has 0 spiro atoms. The highest BCUT2D eigenvalue weighted by atomic mass is 32.1. The van der Waals surface area contributed by atoms with Gasteiger partial charge in [-0.2, -0.15) is 5.10 Å². The SMILES string of the molecule is Cc1nnc(N2CCCNC(=O)C2)c(C(N)=S)c1C. The number of nitrogens with two attached hydrogens (primary N) is 1. The van der Waals surface area contributed by atoms with Crippen LogP contribution in [0.3, 0.4) is 0 Å². The molecule has 3 N–H and O–H groups in total. The number of nitrogens with zero attached hydrogens (tertiary/aromatic N) is 3. The molecule has 0 bridgehead atoms. The zero-order valence-corrected chi connectivity index (χ0v) is 11.9. The maximum Gasteiger partial charge on any atom is 0.239 e. The average Bonchev–Trinajstić information content (AvgIpc) is 2.56. The summed E-state index contributed by atoms with van der Waals surface area (Å²) in [4.78, 5) is 13.8. The van der Waals surface area contributed by atoms with Gasteiger partial charge in [0.25, 0.3) is 0 Å². The predicted octanol–water partition coefficient (Wildman–Crippen LogP) is 0.0539. The third-order valence-corrected chi connectivity index (χ3v) is 3.45. The molecule has 102 valence electrons. The Morgan fingerprint density at radius 1 is 1.42 bits per heavy atom. The lowest BCUT2D eigenvalue weighted by molar-refractivity contribution is -0.119. The van der Waals surface area contributed by atoms with Crippen LogP contribution in [0.2, 0.25) is 0 Å². The van der Waals surface area contributed by atoms with Crippen LogP contribution in [0, 0.1) is 13.8 Å². The van der Waals surface area contributed by atoms with Gasteiger partial charge >= 0.3 is 0 Å². The molecule has 1 amide bonds. The quantitative estimate of drug-likeness (QED) is 0.744. The van der Waals surface area contributed by atoms with Gasteiger partial charge in [-0.1, -0.05) is 12.2 Å². The third kappa shape index (κ3) is 2.81. The van der Waals surface area contributed by atoms with Crippen molar-refractivity contribution < 1.29 is 4.79 Å². The number of hydrogen-bond donors (Lipinski definition) is 2. The molecule has 0 aromatic carbocycles. The summed E-state index contributed by atoms with van der Waals surface area (Å²) < 4.78 is 0. The van der Waals surface area contributed by atoms with E-state index in [0.29, 0.717) is 12.4 Å². The van der Waals surface area contributed by atoms with Gasteiger partial charge in [-0.3, -0.25) is 4.79 Å². The maximum absolute atomic E-state index is 11.6. The van der Waals surface area contributed by atoms with Crippen LogP contribution in [-0.2, 0) is 4.79 Å². The van der Waals surface area contributed by atoms with Gasteiger partial charge in [0.1, 0.15) is 4.99 Å². The Hall–Kier alpha value is -1.76. The largest absolute Gasteiger partial charge is 0.389 e. The molecule has 2 rings (SSSR count). The number of thiocarbonyl (C=S) groups is 1. The van der Waals surface area contributed by atoms with Crippen molar-refractivity contribution in [2.45, 2.75) is 20.3 Å². The highest BCUT2D eigenvalue weighted by Gasteiger charge is 2.22. The summed E-state index contributed by atoms with van der Waals surface area (Å²) in [5.74, 6) is 0.582. The standard InChI is InChI=1S/C12H17N5OS/c1-7-8(2)15-16-12(10(7)11(13)19)17-5-3-4-14-9(18)6-17/h3-6H2,1-2H3,(H2,13,19)(H,14,18). The molecule has 1 aromatic rings. The lowest BCUT2D eigenvalue weighted by atomic mass is 10.1. The Labute approximate surface area is 117 Å². The molecule has 1 aliphatic heterocycles. The summed E-state index contributed by atoms with van der Waals surface area (Å²) in [6.45, 7) is 5.44. The maximum atomic E-state index is 11.6. The van der Waals surface area contributed by atoms with Crippen molar-refractivity contribution in [1.29, 1.82) is 0 Å². The van der Waals surface area contributed by atoms with Crippen LogP contribution in [-0.4, -0.2) is 40.7 Å². The number of aryl methyl sites for hydroxylation is 1. The first-order valence-electron chi connectivity index (χ1n) is 6.16. The lowest BCUT2D eigenvalue weighted by Crippen LogP contribution is -2.35. The Kier molecular flexibility index (Phi) is 3.94. The van der Waals surface area contributed by atoms with E-state index in [1.54, 1.807) is 0 Å². The van der Waals surface area contributed by atoms with Crippen molar-refractivity contribution >= 4 is 28.9 Å². The van der Waals surface area contributed by atoms with Gasteiger partial charge < -0.3 is 16.0 Å². The van der Waals surface area contributed by atoms with Gasteiger partial charge in [-0.15, -0.1) is 5.10 Å². The summed E-state index contributed by atoms with van der Waals surface area (Å²) in [5.41, 5.74) is 8.24. The molecule has 0 unspecified atom stereocenters. The molecular formula is C12H17N5OS. The van der Waals surface area contributed by atoms with E-state index in [1.165, 1.54) is 0 Å². The van der Waals surface area contributed by atoms with E-state index < -0.39 is 0 Å². The number of rotatable bonds is 2. The van der Waals surface area contributed by atoms with Crippen LogP contribution in [0.15, 0.2) is 0 Å². The van der Waals surface area contributed by atoms with Gasteiger partial charge in [0, 0.05) is 13.1 Å². The number of nitrogens with one attached hydrogen (secondary N) is 1. The summed E-state index contributed by atoms with van der Waals surface area (Å²) in [7, 11) is 0. The fourth-order valence-corrected chi connectivity index (χ4v) is 2.34. The minimum atomic E-state index is -0.0218. The Morgan fingerprint density at radius 3 is 2.84 bits per heavy atom. The predicted molar refractivity (Wildman–Crippen MR) is 77.2 cm³/mol. The van der Waals surface area contributed by atoms with Gasteiger partial charge in [0.05, 0.1) is 17.8 Å². The van der Waals surface area contributed by atoms with Crippen LogP contribution in [0.5, 0.6) is 0 Å². The molecule has 0 saturated carbocycles. The average molecular weight is 279 g/mol. The van der Waals surface area contributed by atoms with E-state index in [4.69, 9.17) is 18.0 Å². The number of aromatic nitrogens is 2. The van der Waals surface area contributed by atoms with Gasteiger partial charge in [0.15, 0.2) is 5.82 Å². The smallest absolute Gasteiger partial charge is 0.239 e. The second-order valence-electron chi connectivity index (χ2n) is 4.60. The number of carbonyl (C=O) groups is 1. The van der Waals surface area contributed by atoms with Gasteiger partial charge in [0.2, 0.25) is 5.91 Å². The first-order valence-corrected chi connectivity index (χ1v) is 6.57. The molecule has 0 aliphatic carbocycles. The Bertz CT molecular complexity index is 531. The molecule has 1 aliphatic rings. The van der Waals surface area contributed by atoms with E-state index >= 15 is 0 Å². The Balaban J connectivity index is 2.46. The second-order valence-corrected chi connectivity index (χ2v) is 5.04. The molecule has 7 heteroatoms. The zero-order chi connectivity index (χ0) is 14.0. The van der Waals surface area contributed by atoms with Crippen LogP contribution in [0.4, 0.5) is 5.82 Å². The van der Waals surface area contributed by atoms with Crippen molar-refractivity contribution in [2.75, 3.05) is 24.5 Å². The molecule has 6 nitrogen and oxygen atoms in total. The molecule has 0 atom stereocenters. The van der Waals surface area contributed by atoms with E-state index in [1.807, 2.05) is 18.7 Å². The van der Waals surface area contributed by atoms with Gasteiger partial charge in [-0.25, -0.2) is 0 Å². The lowest BCUT2D eigenvalue weighted by Gasteiger charge is -2.23. The molecule has 2 heterocycles. The first kappa shape index (κ1) is 13.7. The topological polar surface area (TPSA) is 84.1 Å². The van der Waals surface area contributed by atoms with E-state index in [-0.39, 0.29) is 17.4 Å². The minimum absolute atomic E-state index is 0.0218. The van der Waals surface area contributed by atoms with Crippen molar-refractivity contribution in [3.63, 3.8) is 0 Å². The highest BCUT2D eigenvalue weighted by Crippen LogP contribution is 2.22. The molecular weight excluding hydrogens is 262 g/mol. The highest BCUT2D eigenvalue weighted by molar-refractivity contribution is 7.80. The van der Waals surface area contributed by atoms with Crippen LogP contribution >= 0.6 is 12.2 Å². The van der Waals surface area contributed by atoms with Crippen LogP contribution < -0.4 is 16.0 Å². The van der Waals surface area contributed by atoms with Crippen LogP contribution in [0.25, 0.3) is 0 Å².